The van der Waals surface area contributed by atoms with Gasteiger partial charge < -0.3 is 10.2 Å². The van der Waals surface area contributed by atoms with Crippen molar-refractivity contribution in [3.63, 3.8) is 0 Å². The van der Waals surface area contributed by atoms with E-state index in [4.69, 9.17) is 0 Å². The SMILES string of the molecule is CC1CN(C(=O)Cc2ccc(F)cc2)CC(C)N1. The number of benzene rings is 1. The molecule has 1 heterocycles. The van der Waals surface area contributed by atoms with Crippen molar-refractivity contribution in [2.24, 2.45) is 0 Å². The molecular weight excluding hydrogens is 231 g/mol. The average molecular weight is 250 g/mol. The summed E-state index contributed by atoms with van der Waals surface area (Å²) in [5.41, 5.74) is 0.861. The highest BCUT2D eigenvalue weighted by molar-refractivity contribution is 5.79. The van der Waals surface area contributed by atoms with E-state index in [-0.39, 0.29) is 11.7 Å². The zero-order valence-electron chi connectivity index (χ0n) is 10.8. The molecule has 3 nitrogen and oxygen atoms in total. The summed E-state index contributed by atoms with van der Waals surface area (Å²) in [4.78, 5) is 14.0. The van der Waals surface area contributed by atoms with E-state index < -0.39 is 0 Å². The predicted octanol–water partition coefficient (Wildman–Crippen LogP) is 1.58. The maximum absolute atomic E-state index is 12.8. The fraction of sp³-hybridized carbons (Fsp3) is 0.500. The van der Waals surface area contributed by atoms with Crippen LogP contribution in [-0.2, 0) is 11.2 Å². The van der Waals surface area contributed by atoms with Gasteiger partial charge in [-0.1, -0.05) is 12.1 Å². The molecule has 0 aromatic heterocycles. The van der Waals surface area contributed by atoms with Crippen molar-refractivity contribution in [3.8, 4) is 0 Å². The zero-order chi connectivity index (χ0) is 13.1. The normalized spacial score (nSPS) is 24.1. The van der Waals surface area contributed by atoms with Crippen LogP contribution in [0.5, 0.6) is 0 Å². The molecule has 1 aliphatic rings. The molecule has 1 aliphatic heterocycles. The van der Waals surface area contributed by atoms with Crippen LogP contribution in [-0.4, -0.2) is 36.0 Å². The second kappa shape index (κ2) is 5.48. The number of carbonyl (C=O) groups excluding carboxylic acids is 1. The van der Waals surface area contributed by atoms with Crippen LogP contribution in [0, 0.1) is 5.82 Å². The standard InChI is InChI=1S/C14H19FN2O/c1-10-8-17(9-11(2)16-10)14(18)7-12-3-5-13(15)6-4-12/h3-6,10-11,16H,7-9H2,1-2H3. The lowest BCUT2D eigenvalue weighted by Crippen LogP contribution is -2.56. The third kappa shape index (κ3) is 3.29. The number of rotatable bonds is 2. The molecule has 1 aromatic carbocycles. The summed E-state index contributed by atoms with van der Waals surface area (Å²) in [7, 11) is 0. The molecule has 0 spiro atoms. The number of nitrogens with one attached hydrogen (secondary N) is 1. The van der Waals surface area contributed by atoms with E-state index in [0.717, 1.165) is 18.7 Å². The van der Waals surface area contributed by atoms with Crippen LogP contribution >= 0.6 is 0 Å². The van der Waals surface area contributed by atoms with Gasteiger partial charge in [0.25, 0.3) is 0 Å². The number of piperazine rings is 1. The fourth-order valence-corrected chi connectivity index (χ4v) is 2.42. The van der Waals surface area contributed by atoms with Crippen LogP contribution in [0.2, 0.25) is 0 Å². The van der Waals surface area contributed by atoms with Gasteiger partial charge in [0.1, 0.15) is 5.82 Å². The minimum atomic E-state index is -0.268. The van der Waals surface area contributed by atoms with Gasteiger partial charge in [-0.05, 0) is 31.5 Å². The van der Waals surface area contributed by atoms with Crippen molar-refractivity contribution in [3.05, 3.63) is 35.6 Å². The Morgan fingerprint density at radius 3 is 2.39 bits per heavy atom. The molecule has 0 saturated carbocycles. The monoisotopic (exact) mass is 250 g/mol. The molecule has 2 atom stereocenters. The second-order valence-corrected chi connectivity index (χ2v) is 5.07. The molecular formula is C14H19FN2O. The average Bonchev–Trinajstić information content (AvgIpc) is 2.31. The first kappa shape index (κ1) is 13.0. The molecule has 1 N–H and O–H groups in total. The molecule has 2 unspecified atom stereocenters. The van der Waals surface area contributed by atoms with Gasteiger partial charge in [-0.3, -0.25) is 4.79 Å². The molecule has 2 rings (SSSR count). The molecule has 4 heteroatoms. The van der Waals surface area contributed by atoms with Crippen LogP contribution in [0.1, 0.15) is 19.4 Å². The molecule has 0 bridgehead atoms. The highest BCUT2D eigenvalue weighted by atomic mass is 19.1. The Morgan fingerprint density at radius 2 is 1.83 bits per heavy atom. The number of carbonyl (C=O) groups is 1. The number of hydrogen-bond acceptors (Lipinski definition) is 2. The fourth-order valence-electron chi connectivity index (χ4n) is 2.42. The van der Waals surface area contributed by atoms with Gasteiger partial charge in [-0.25, -0.2) is 4.39 Å². The molecule has 98 valence electrons. The summed E-state index contributed by atoms with van der Waals surface area (Å²) in [6.45, 7) is 5.64. The molecule has 1 aromatic rings. The van der Waals surface area contributed by atoms with Gasteiger partial charge in [0.2, 0.25) is 5.91 Å². The third-order valence-electron chi connectivity index (χ3n) is 3.18. The van der Waals surface area contributed by atoms with E-state index in [2.05, 4.69) is 19.2 Å². The van der Waals surface area contributed by atoms with Gasteiger partial charge in [-0.2, -0.15) is 0 Å². The Bertz CT molecular complexity index is 408. The van der Waals surface area contributed by atoms with Crippen LogP contribution in [0.25, 0.3) is 0 Å². The topological polar surface area (TPSA) is 32.3 Å². The molecule has 18 heavy (non-hydrogen) atoms. The van der Waals surface area contributed by atoms with E-state index in [0.29, 0.717) is 18.5 Å². The van der Waals surface area contributed by atoms with Crippen LogP contribution < -0.4 is 5.32 Å². The number of halogens is 1. The summed E-state index contributed by atoms with van der Waals surface area (Å²) >= 11 is 0. The largest absolute Gasteiger partial charge is 0.339 e. The van der Waals surface area contributed by atoms with Gasteiger partial charge in [0.15, 0.2) is 0 Å². The quantitative estimate of drug-likeness (QED) is 0.864. The van der Waals surface area contributed by atoms with Gasteiger partial charge in [0.05, 0.1) is 6.42 Å². The van der Waals surface area contributed by atoms with E-state index in [1.54, 1.807) is 12.1 Å². The summed E-state index contributed by atoms with van der Waals surface area (Å²) in [5.74, 6) is -0.155. The minimum absolute atomic E-state index is 0.113. The highest BCUT2D eigenvalue weighted by Gasteiger charge is 2.24. The van der Waals surface area contributed by atoms with Crippen molar-refractivity contribution in [2.75, 3.05) is 13.1 Å². The Hall–Kier alpha value is -1.42. The van der Waals surface area contributed by atoms with E-state index in [9.17, 15) is 9.18 Å². The Balaban J connectivity index is 1.97. The summed E-state index contributed by atoms with van der Waals surface area (Å²) in [6.07, 6.45) is 0.347. The van der Waals surface area contributed by atoms with E-state index >= 15 is 0 Å². The Labute approximate surface area is 107 Å². The number of hydrogen-bond donors (Lipinski definition) is 1. The lowest BCUT2D eigenvalue weighted by atomic mass is 10.1. The maximum Gasteiger partial charge on any atom is 0.227 e. The van der Waals surface area contributed by atoms with Gasteiger partial charge in [0, 0.05) is 25.2 Å². The van der Waals surface area contributed by atoms with E-state index in [1.165, 1.54) is 12.1 Å². The first-order valence-corrected chi connectivity index (χ1v) is 6.33. The first-order valence-electron chi connectivity index (χ1n) is 6.33. The van der Waals surface area contributed by atoms with Crippen molar-refractivity contribution in [2.45, 2.75) is 32.4 Å². The third-order valence-corrected chi connectivity index (χ3v) is 3.18. The van der Waals surface area contributed by atoms with Crippen molar-refractivity contribution >= 4 is 5.91 Å². The van der Waals surface area contributed by atoms with Gasteiger partial charge >= 0.3 is 0 Å². The lowest BCUT2D eigenvalue weighted by Gasteiger charge is -2.36. The predicted molar refractivity (Wildman–Crippen MR) is 68.7 cm³/mol. The second-order valence-electron chi connectivity index (χ2n) is 5.07. The Kier molecular flexibility index (Phi) is 3.97. The summed E-state index contributed by atoms with van der Waals surface area (Å²) in [5, 5.41) is 3.39. The lowest BCUT2D eigenvalue weighted by molar-refractivity contribution is -0.132. The molecule has 1 amide bonds. The first-order chi connectivity index (χ1) is 8.54. The smallest absolute Gasteiger partial charge is 0.227 e. The van der Waals surface area contributed by atoms with Crippen LogP contribution in [0.15, 0.2) is 24.3 Å². The number of amides is 1. The minimum Gasteiger partial charge on any atom is -0.339 e. The highest BCUT2D eigenvalue weighted by Crippen LogP contribution is 2.09. The van der Waals surface area contributed by atoms with E-state index in [1.807, 2.05) is 4.90 Å². The van der Waals surface area contributed by atoms with Crippen molar-refractivity contribution < 1.29 is 9.18 Å². The molecule has 1 saturated heterocycles. The van der Waals surface area contributed by atoms with Crippen molar-refractivity contribution in [1.29, 1.82) is 0 Å². The van der Waals surface area contributed by atoms with Crippen LogP contribution in [0.4, 0.5) is 4.39 Å². The number of nitrogens with zero attached hydrogens (tertiary/aromatic N) is 1. The van der Waals surface area contributed by atoms with Gasteiger partial charge in [-0.15, -0.1) is 0 Å². The maximum atomic E-state index is 12.8. The zero-order valence-corrected chi connectivity index (χ0v) is 10.8. The van der Waals surface area contributed by atoms with Crippen LogP contribution in [0.3, 0.4) is 0 Å². The molecule has 1 fully saturated rings. The summed E-state index contributed by atoms with van der Waals surface area (Å²) < 4.78 is 12.8. The summed E-state index contributed by atoms with van der Waals surface area (Å²) in [6, 6.07) is 6.78. The molecule has 0 aliphatic carbocycles. The Morgan fingerprint density at radius 1 is 1.28 bits per heavy atom. The van der Waals surface area contributed by atoms with Crippen molar-refractivity contribution in [1.82, 2.24) is 10.2 Å². The molecule has 0 radical (unpaired) electrons.